The van der Waals surface area contributed by atoms with Crippen molar-refractivity contribution >= 4 is 40.3 Å². The van der Waals surface area contributed by atoms with Gasteiger partial charge in [-0.3, -0.25) is 14.3 Å². The Morgan fingerprint density at radius 3 is 2.79 bits per heavy atom. The maximum absolute atomic E-state index is 12.0. The number of imidazole rings is 1. The van der Waals surface area contributed by atoms with Crippen molar-refractivity contribution in [3.63, 3.8) is 0 Å². The maximum atomic E-state index is 12.0. The lowest BCUT2D eigenvalue weighted by atomic mass is 10.3. The van der Waals surface area contributed by atoms with Crippen molar-refractivity contribution in [3.8, 4) is 0 Å². The summed E-state index contributed by atoms with van der Waals surface area (Å²) in [5.41, 5.74) is 1.49. The van der Waals surface area contributed by atoms with E-state index in [1.807, 2.05) is 0 Å². The van der Waals surface area contributed by atoms with Crippen LogP contribution in [0.5, 0.6) is 0 Å². The number of nitrogens with one attached hydrogen (secondary N) is 3. The van der Waals surface area contributed by atoms with Gasteiger partial charge in [-0.05, 0) is 25.1 Å². The van der Waals surface area contributed by atoms with E-state index in [0.717, 1.165) is 11.0 Å². The number of aromatic amines is 1. The summed E-state index contributed by atoms with van der Waals surface area (Å²) >= 11 is 5.93. The van der Waals surface area contributed by atoms with E-state index in [1.165, 1.54) is 4.68 Å². The number of rotatable bonds is 3. The second kappa shape index (κ2) is 6.32. The molecule has 0 fully saturated rings. The highest BCUT2D eigenvalue weighted by molar-refractivity contribution is 6.39. The lowest BCUT2D eigenvalue weighted by Crippen LogP contribution is -2.37. The highest BCUT2D eigenvalue weighted by atomic mass is 35.5. The quantitative estimate of drug-likeness (QED) is 0.628. The summed E-state index contributed by atoms with van der Waals surface area (Å²) in [6, 6.07) is 6.38. The Morgan fingerprint density at radius 1 is 1.29 bits per heavy atom. The number of hydrogen-bond acceptors (Lipinski definition) is 4. The zero-order valence-electron chi connectivity index (χ0n) is 13.0. The SMILES string of the molecule is CC(NC(=O)C(=O)Nc1ccn(C)n1)c1nc2ccc(Cl)cc2[nH]1. The molecule has 3 N–H and O–H groups in total. The van der Waals surface area contributed by atoms with Gasteiger partial charge in [0, 0.05) is 24.3 Å². The van der Waals surface area contributed by atoms with E-state index in [2.05, 4.69) is 25.7 Å². The van der Waals surface area contributed by atoms with Crippen LogP contribution in [0.1, 0.15) is 18.8 Å². The largest absolute Gasteiger partial charge is 0.340 e. The van der Waals surface area contributed by atoms with Crippen molar-refractivity contribution in [1.82, 2.24) is 25.1 Å². The molecule has 3 rings (SSSR count). The first-order valence-corrected chi connectivity index (χ1v) is 7.57. The summed E-state index contributed by atoms with van der Waals surface area (Å²) in [7, 11) is 1.71. The summed E-state index contributed by atoms with van der Waals surface area (Å²) in [5.74, 6) is -0.721. The van der Waals surface area contributed by atoms with Crippen LogP contribution in [0.2, 0.25) is 5.02 Å². The zero-order chi connectivity index (χ0) is 17.3. The number of benzene rings is 1. The van der Waals surface area contributed by atoms with Gasteiger partial charge in [0.15, 0.2) is 5.82 Å². The van der Waals surface area contributed by atoms with E-state index in [-0.39, 0.29) is 0 Å². The van der Waals surface area contributed by atoms with E-state index in [4.69, 9.17) is 11.6 Å². The molecule has 0 saturated carbocycles. The zero-order valence-corrected chi connectivity index (χ0v) is 13.8. The van der Waals surface area contributed by atoms with Gasteiger partial charge in [-0.15, -0.1) is 0 Å². The molecule has 0 aliphatic heterocycles. The molecule has 0 spiro atoms. The maximum Gasteiger partial charge on any atom is 0.314 e. The van der Waals surface area contributed by atoms with Crippen molar-refractivity contribution in [2.24, 2.45) is 7.05 Å². The molecular formula is C15H15ClN6O2. The van der Waals surface area contributed by atoms with Gasteiger partial charge in [0.25, 0.3) is 0 Å². The number of fused-ring (bicyclic) bond motifs is 1. The number of carbonyl (C=O) groups excluding carboxylic acids is 2. The van der Waals surface area contributed by atoms with Crippen molar-refractivity contribution in [2.75, 3.05) is 5.32 Å². The molecule has 1 aromatic carbocycles. The number of aryl methyl sites for hydroxylation is 1. The predicted octanol–water partition coefficient (Wildman–Crippen LogP) is 1.77. The minimum atomic E-state index is -0.792. The minimum Gasteiger partial charge on any atom is -0.340 e. The van der Waals surface area contributed by atoms with Crippen molar-refractivity contribution in [2.45, 2.75) is 13.0 Å². The van der Waals surface area contributed by atoms with Gasteiger partial charge in [0.2, 0.25) is 0 Å². The number of anilines is 1. The smallest absolute Gasteiger partial charge is 0.314 e. The molecule has 0 bridgehead atoms. The monoisotopic (exact) mass is 346 g/mol. The number of amides is 2. The minimum absolute atomic E-state index is 0.309. The average molecular weight is 347 g/mol. The van der Waals surface area contributed by atoms with Gasteiger partial charge in [-0.2, -0.15) is 5.10 Å². The van der Waals surface area contributed by atoms with Gasteiger partial charge < -0.3 is 15.6 Å². The molecule has 0 aliphatic carbocycles. The Labute approximate surface area is 142 Å². The van der Waals surface area contributed by atoms with Crippen LogP contribution in [0, 0.1) is 0 Å². The molecule has 0 radical (unpaired) electrons. The molecule has 9 heteroatoms. The molecule has 1 atom stereocenters. The number of hydrogen-bond donors (Lipinski definition) is 3. The third kappa shape index (κ3) is 3.38. The second-order valence-electron chi connectivity index (χ2n) is 5.31. The number of aromatic nitrogens is 4. The fraction of sp³-hybridized carbons (Fsp3) is 0.200. The van der Waals surface area contributed by atoms with E-state index >= 15 is 0 Å². The molecule has 0 aliphatic rings. The highest BCUT2D eigenvalue weighted by Crippen LogP contribution is 2.19. The number of halogens is 1. The van der Waals surface area contributed by atoms with Gasteiger partial charge in [-0.1, -0.05) is 11.6 Å². The predicted molar refractivity (Wildman–Crippen MR) is 89.5 cm³/mol. The summed E-state index contributed by atoms with van der Waals surface area (Å²) in [6.45, 7) is 1.73. The molecule has 8 nitrogen and oxygen atoms in total. The standard InChI is InChI=1S/C15H15ClN6O2/c1-8(13-18-10-4-3-9(16)7-11(10)19-13)17-14(23)15(24)20-12-5-6-22(2)21-12/h3-8H,1-2H3,(H,17,23)(H,18,19)(H,20,21,24). The fourth-order valence-electron chi connectivity index (χ4n) is 2.19. The second-order valence-corrected chi connectivity index (χ2v) is 5.74. The molecule has 2 heterocycles. The number of nitrogens with zero attached hydrogens (tertiary/aromatic N) is 3. The molecule has 0 saturated heterocycles. The molecule has 124 valence electrons. The topological polar surface area (TPSA) is 105 Å². The third-order valence-corrected chi connectivity index (χ3v) is 3.62. The molecule has 1 unspecified atom stereocenters. The van der Waals surface area contributed by atoms with Crippen LogP contribution in [-0.4, -0.2) is 31.6 Å². The van der Waals surface area contributed by atoms with Gasteiger partial charge >= 0.3 is 11.8 Å². The Kier molecular flexibility index (Phi) is 4.22. The lowest BCUT2D eigenvalue weighted by Gasteiger charge is -2.10. The molecular weight excluding hydrogens is 332 g/mol. The van der Waals surface area contributed by atoms with Crippen molar-refractivity contribution in [3.05, 3.63) is 41.3 Å². The summed E-state index contributed by atoms with van der Waals surface area (Å²) in [6.07, 6.45) is 1.66. The van der Waals surface area contributed by atoms with E-state index in [0.29, 0.717) is 16.7 Å². The van der Waals surface area contributed by atoms with Crippen LogP contribution in [0.3, 0.4) is 0 Å². The van der Waals surface area contributed by atoms with Crippen LogP contribution >= 0.6 is 11.6 Å². The van der Waals surface area contributed by atoms with Gasteiger partial charge in [-0.25, -0.2) is 4.98 Å². The van der Waals surface area contributed by atoms with Crippen LogP contribution in [0.15, 0.2) is 30.5 Å². The summed E-state index contributed by atoms with van der Waals surface area (Å²) in [5, 5.41) is 9.58. The van der Waals surface area contributed by atoms with Crippen LogP contribution < -0.4 is 10.6 Å². The Morgan fingerprint density at radius 2 is 2.08 bits per heavy atom. The first-order chi connectivity index (χ1) is 11.4. The van der Waals surface area contributed by atoms with E-state index in [9.17, 15) is 9.59 Å². The molecule has 3 aromatic rings. The van der Waals surface area contributed by atoms with Crippen LogP contribution in [0.25, 0.3) is 11.0 Å². The molecule has 2 amide bonds. The first kappa shape index (κ1) is 16.0. The van der Waals surface area contributed by atoms with E-state index < -0.39 is 17.9 Å². The first-order valence-electron chi connectivity index (χ1n) is 7.19. The van der Waals surface area contributed by atoms with Crippen LogP contribution in [-0.2, 0) is 16.6 Å². The fourth-order valence-corrected chi connectivity index (χ4v) is 2.36. The summed E-state index contributed by atoms with van der Waals surface area (Å²) in [4.78, 5) is 31.3. The van der Waals surface area contributed by atoms with Crippen molar-refractivity contribution < 1.29 is 9.59 Å². The van der Waals surface area contributed by atoms with Gasteiger partial charge in [0.1, 0.15) is 5.82 Å². The summed E-state index contributed by atoms with van der Waals surface area (Å²) < 4.78 is 1.52. The Hall–Kier alpha value is -2.87. The highest BCUT2D eigenvalue weighted by Gasteiger charge is 2.20. The average Bonchev–Trinajstić information content (AvgIpc) is 3.12. The van der Waals surface area contributed by atoms with Crippen molar-refractivity contribution in [1.29, 1.82) is 0 Å². The normalized spacial score (nSPS) is 12.1. The third-order valence-electron chi connectivity index (χ3n) is 3.38. The lowest BCUT2D eigenvalue weighted by molar-refractivity contribution is -0.136. The van der Waals surface area contributed by atoms with Gasteiger partial charge in [0.05, 0.1) is 17.1 Å². The van der Waals surface area contributed by atoms with Crippen LogP contribution in [0.4, 0.5) is 5.82 Å². The van der Waals surface area contributed by atoms with E-state index in [1.54, 1.807) is 44.4 Å². The molecule has 2 aromatic heterocycles. The number of H-pyrrole nitrogens is 1. The Balaban J connectivity index is 1.67. The number of carbonyl (C=O) groups is 2. The Bertz CT molecular complexity index is 916. The molecule has 24 heavy (non-hydrogen) atoms.